The zero-order chi connectivity index (χ0) is 9.26. The van der Waals surface area contributed by atoms with Crippen molar-refractivity contribution in [1.29, 1.82) is 0 Å². The van der Waals surface area contributed by atoms with E-state index in [0.717, 1.165) is 12.3 Å². The second-order valence-corrected chi connectivity index (χ2v) is 4.40. The monoisotopic (exact) mass is 215 g/mol. The predicted octanol–water partition coefficient (Wildman–Crippen LogP) is 3.73. The molecule has 1 aromatic heterocycles. The van der Waals surface area contributed by atoms with Gasteiger partial charge in [0.2, 0.25) is 0 Å². The summed E-state index contributed by atoms with van der Waals surface area (Å²) in [5, 5.41) is 1.00. The first-order valence-corrected chi connectivity index (χ1v) is 5.31. The van der Waals surface area contributed by atoms with Gasteiger partial charge in [-0.05, 0) is 30.0 Å². The van der Waals surface area contributed by atoms with Crippen LogP contribution < -0.4 is 0 Å². The van der Waals surface area contributed by atoms with Gasteiger partial charge in [-0.3, -0.25) is 0 Å². The van der Waals surface area contributed by atoms with E-state index in [-0.39, 0.29) is 0 Å². The summed E-state index contributed by atoms with van der Waals surface area (Å²) in [5.41, 5.74) is 1.22. The van der Waals surface area contributed by atoms with Crippen LogP contribution in [0.1, 0.15) is 24.8 Å². The Hall–Kier alpha value is -0.270. The molecule has 0 aliphatic heterocycles. The van der Waals surface area contributed by atoms with Gasteiger partial charge < -0.3 is 0 Å². The Kier molecular flexibility index (Phi) is 2.75. The molecule has 1 heterocycles. The lowest BCUT2D eigenvalue weighted by Crippen LogP contribution is -2.13. The summed E-state index contributed by atoms with van der Waals surface area (Å²) in [5.74, 6) is 0.842. The lowest BCUT2D eigenvalue weighted by atomic mass is 9.81. The van der Waals surface area contributed by atoms with E-state index in [0.29, 0.717) is 10.3 Å². The van der Waals surface area contributed by atoms with Gasteiger partial charge >= 0.3 is 0 Å². The number of rotatable bonds is 2. The van der Waals surface area contributed by atoms with E-state index in [4.69, 9.17) is 23.2 Å². The second-order valence-electron chi connectivity index (χ2n) is 3.62. The second kappa shape index (κ2) is 3.85. The average molecular weight is 216 g/mol. The topological polar surface area (TPSA) is 12.9 Å². The van der Waals surface area contributed by atoms with E-state index in [9.17, 15) is 0 Å². The van der Waals surface area contributed by atoms with Gasteiger partial charge in [0.25, 0.3) is 0 Å². The molecule has 0 bridgehead atoms. The maximum absolute atomic E-state index is 5.80. The van der Waals surface area contributed by atoms with Gasteiger partial charge in [0.1, 0.15) is 10.3 Å². The Balaban J connectivity index is 2.10. The Bertz CT molecular complexity index is 288. The Labute approximate surface area is 88.1 Å². The summed E-state index contributed by atoms with van der Waals surface area (Å²) in [6.07, 6.45) is 5.16. The van der Waals surface area contributed by atoms with Crippen molar-refractivity contribution in [2.24, 2.45) is 5.92 Å². The minimum Gasteiger partial charge on any atom is -0.224 e. The molecule has 0 amide bonds. The van der Waals surface area contributed by atoms with Crippen molar-refractivity contribution in [3.05, 3.63) is 28.0 Å². The van der Waals surface area contributed by atoms with Crippen molar-refractivity contribution in [3.63, 3.8) is 0 Å². The normalized spacial score (nSPS) is 17.1. The van der Waals surface area contributed by atoms with Crippen molar-refractivity contribution >= 4 is 23.2 Å². The van der Waals surface area contributed by atoms with Gasteiger partial charge in [-0.15, -0.1) is 0 Å². The Morgan fingerprint density at radius 2 is 1.85 bits per heavy atom. The quantitative estimate of drug-likeness (QED) is 0.686. The summed E-state index contributed by atoms with van der Waals surface area (Å²) in [6.45, 7) is 0. The molecule has 0 unspecified atom stereocenters. The first-order chi connectivity index (χ1) is 6.24. The number of hydrogen-bond donors (Lipinski definition) is 0. The Morgan fingerprint density at radius 3 is 2.31 bits per heavy atom. The summed E-state index contributed by atoms with van der Waals surface area (Å²) in [6, 6.07) is 3.82. The molecule has 0 N–H and O–H groups in total. The van der Waals surface area contributed by atoms with Crippen molar-refractivity contribution < 1.29 is 0 Å². The molecule has 2 rings (SSSR count). The van der Waals surface area contributed by atoms with Crippen molar-refractivity contribution in [2.45, 2.75) is 25.7 Å². The highest BCUT2D eigenvalue weighted by Crippen LogP contribution is 2.30. The maximum atomic E-state index is 5.80. The fraction of sp³-hybridized carbons (Fsp3) is 0.500. The van der Waals surface area contributed by atoms with Gasteiger partial charge in [0, 0.05) is 0 Å². The minimum atomic E-state index is 0.502. The molecule has 1 fully saturated rings. The zero-order valence-electron chi connectivity index (χ0n) is 7.26. The van der Waals surface area contributed by atoms with Crippen molar-refractivity contribution in [2.75, 3.05) is 0 Å². The van der Waals surface area contributed by atoms with E-state index in [2.05, 4.69) is 4.98 Å². The highest BCUT2D eigenvalue weighted by molar-refractivity contribution is 6.32. The van der Waals surface area contributed by atoms with Gasteiger partial charge in [-0.25, -0.2) is 4.98 Å². The summed E-state index contributed by atoms with van der Waals surface area (Å²) >= 11 is 11.6. The summed E-state index contributed by atoms with van der Waals surface area (Å²) in [4.78, 5) is 3.92. The standard InChI is InChI=1S/C10H11Cl2N/c11-9-5-8(6-10(12)13-9)4-7-2-1-3-7/h5-7H,1-4H2. The van der Waals surface area contributed by atoms with Gasteiger partial charge in [-0.1, -0.05) is 42.5 Å². The molecule has 0 saturated heterocycles. The van der Waals surface area contributed by atoms with Crippen molar-refractivity contribution in [3.8, 4) is 0 Å². The molecular formula is C10H11Cl2N. The predicted molar refractivity (Wildman–Crippen MR) is 55.3 cm³/mol. The molecule has 1 aliphatic rings. The van der Waals surface area contributed by atoms with Crippen LogP contribution >= 0.6 is 23.2 Å². The van der Waals surface area contributed by atoms with E-state index in [1.54, 1.807) is 0 Å². The molecule has 1 saturated carbocycles. The Morgan fingerprint density at radius 1 is 1.23 bits per heavy atom. The van der Waals surface area contributed by atoms with Crippen LogP contribution in [0.25, 0.3) is 0 Å². The van der Waals surface area contributed by atoms with Gasteiger partial charge in [0.15, 0.2) is 0 Å². The summed E-state index contributed by atoms with van der Waals surface area (Å²) < 4.78 is 0. The van der Waals surface area contributed by atoms with Crippen LogP contribution in [-0.4, -0.2) is 4.98 Å². The molecule has 1 aliphatic carbocycles. The van der Waals surface area contributed by atoms with E-state index in [1.165, 1.54) is 24.8 Å². The van der Waals surface area contributed by atoms with Crippen LogP contribution in [0.2, 0.25) is 10.3 Å². The third-order valence-corrected chi connectivity index (χ3v) is 2.96. The van der Waals surface area contributed by atoms with Gasteiger partial charge in [-0.2, -0.15) is 0 Å². The molecular weight excluding hydrogens is 205 g/mol. The smallest absolute Gasteiger partial charge is 0.131 e. The van der Waals surface area contributed by atoms with Crippen LogP contribution in [-0.2, 0) is 6.42 Å². The SMILES string of the molecule is Clc1cc(CC2CCC2)cc(Cl)n1. The number of aromatic nitrogens is 1. The molecule has 3 heteroatoms. The third-order valence-electron chi connectivity index (χ3n) is 2.57. The fourth-order valence-corrected chi connectivity index (χ4v) is 2.17. The number of pyridine rings is 1. The first kappa shape index (κ1) is 9.29. The zero-order valence-corrected chi connectivity index (χ0v) is 8.78. The van der Waals surface area contributed by atoms with E-state index < -0.39 is 0 Å². The van der Waals surface area contributed by atoms with Crippen LogP contribution in [0.3, 0.4) is 0 Å². The highest BCUT2D eigenvalue weighted by Gasteiger charge is 2.17. The average Bonchev–Trinajstić information content (AvgIpc) is 1.95. The fourth-order valence-electron chi connectivity index (χ4n) is 1.66. The van der Waals surface area contributed by atoms with Crippen LogP contribution in [0, 0.1) is 5.92 Å². The largest absolute Gasteiger partial charge is 0.224 e. The van der Waals surface area contributed by atoms with Gasteiger partial charge in [0.05, 0.1) is 0 Å². The number of nitrogens with zero attached hydrogens (tertiary/aromatic N) is 1. The molecule has 0 spiro atoms. The lowest BCUT2D eigenvalue weighted by Gasteiger charge is -2.25. The number of hydrogen-bond acceptors (Lipinski definition) is 1. The summed E-state index contributed by atoms with van der Waals surface area (Å²) in [7, 11) is 0. The lowest BCUT2D eigenvalue weighted by molar-refractivity contribution is 0.314. The highest BCUT2D eigenvalue weighted by atomic mass is 35.5. The van der Waals surface area contributed by atoms with Crippen molar-refractivity contribution in [1.82, 2.24) is 4.98 Å². The molecule has 1 nitrogen and oxygen atoms in total. The van der Waals surface area contributed by atoms with Crippen LogP contribution in [0.15, 0.2) is 12.1 Å². The molecule has 0 atom stereocenters. The van der Waals surface area contributed by atoms with E-state index >= 15 is 0 Å². The van der Waals surface area contributed by atoms with Crippen LogP contribution in [0.4, 0.5) is 0 Å². The molecule has 1 aromatic rings. The maximum Gasteiger partial charge on any atom is 0.131 e. The number of halogens is 2. The molecule has 13 heavy (non-hydrogen) atoms. The third kappa shape index (κ3) is 2.35. The van der Waals surface area contributed by atoms with E-state index in [1.807, 2.05) is 12.1 Å². The molecule has 0 radical (unpaired) electrons. The van der Waals surface area contributed by atoms with Crippen LogP contribution in [0.5, 0.6) is 0 Å². The molecule has 0 aromatic carbocycles. The minimum absolute atomic E-state index is 0.502. The first-order valence-electron chi connectivity index (χ1n) is 4.56. The molecule has 70 valence electrons.